The summed E-state index contributed by atoms with van der Waals surface area (Å²) in [5.74, 6) is 0.229. The molecule has 20 heavy (non-hydrogen) atoms. The zero-order valence-electron chi connectivity index (χ0n) is 12.1. The average molecular weight is 270 g/mol. The van der Waals surface area contributed by atoms with Gasteiger partial charge in [-0.15, -0.1) is 0 Å². The molecule has 3 heteroatoms. The number of carbonyl (C=O) groups is 1. The van der Waals surface area contributed by atoms with Gasteiger partial charge >= 0.3 is 0 Å². The zero-order valence-corrected chi connectivity index (χ0v) is 12.1. The van der Waals surface area contributed by atoms with Crippen molar-refractivity contribution >= 4 is 5.78 Å². The second-order valence-corrected chi connectivity index (χ2v) is 5.13. The van der Waals surface area contributed by atoms with Gasteiger partial charge in [0.15, 0.2) is 5.78 Å². The van der Waals surface area contributed by atoms with E-state index >= 15 is 0 Å². The van der Waals surface area contributed by atoms with Crippen LogP contribution in [0.4, 0.5) is 0 Å². The van der Waals surface area contributed by atoms with Gasteiger partial charge < -0.3 is 4.57 Å². The number of aryl methyl sites for hydroxylation is 2. The maximum atomic E-state index is 12.1. The summed E-state index contributed by atoms with van der Waals surface area (Å²) in [6.45, 7) is 3.04. The molecule has 2 aromatic rings. The van der Waals surface area contributed by atoms with Crippen molar-refractivity contribution in [1.29, 1.82) is 0 Å². The zero-order chi connectivity index (χ0) is 14.2. The number of nitrogens with zero attached hydrogens (tertiary/aromatic N) is 2. The van der Waals surface area contributed by atoms with Crippen LogP contribution in [0.2, 0.25) is 0 Å². The molecular weight excluding hydrogens is 248 g/mol. The molecule has 0 aliphatic rings. The third-order valence-corrected chi connectivity index (χ3v) is 3.47. The molecule has 0 fully saturated rings. The van der Waals surface area contributed by atoms with Crippen molar-refractivity contribution in [1.82, 2.24) is 9.55 Å². The van der Waals surface area contributed by atoms with Gasteiger partial charge in [-0.05, 0) is 24.8 Å². The number of unbranched alkanes of at least 4 members (excludes halogenated alkanes) is 1. The van der Waals surface area contributed by atoms with Gasteiger partial charge in [0.25, 0.3) is 0 Å². The number of Topliss-reactive ketones (excluding diaryl/α,β-unsaturated/α-hetero) is 1. The van der Waals surface area contributed by atoms with Gasteiger partial charge in [-0.2, -0.15) is 0 Å². The molecule has 0 bridgehead atoms. The van der Waals surface area contributed by atoms with Crippen molar-refractivity contribution in [2.24, 2.45) is 0 Å². The topological polar surface area (TPSA) is 34.9 Å². The van der Waals surface area contributed by atoms with Crippen LogP contribution in [0.1, 0.15) is 48.5 Å². The number of rotatable bonds is 8. The Labute approximate surface area is 120 Å². The standard InChI is InChI=1S/C17H22N2O/c1-2-3-5-15-7-9-16(10-8-15)17(20)6-4-12-19-13-11-18-14-19/h7-11,13-14H,2-6,12H2,1H3. The maximum Gasteiger partial charge on any atom is 0.162 e. The highest BCUT2D eigenvalue weighted by Crippen LogP contribution is 2.11. The van der Waals surface area contributed by atoms with E-state index in [4.69, 9.17) is 0 Å². The average Bonchev–Trinajstić information content (AvgIpc) is 2.99. The first-order chi connectivity index (χ1) is 9.79. The SMILES string of the molecule is CCCCc1ccc(C(=O)CCCn2ccnc2)cc1. The molecule has 1 aromatic carbocycles. The Hall–Kier alpha value is -1.90. The molecule has 2 rings (SSSR count). The minimum absolute atomic E-state index is 0.229. The monoisotopic (exact) mass is 270 g/mol. The Kier molecular flexibility index (Phi) is 5.54. The van der Waals surface area contributed by atoms with E-state index in [0.29, 0.717) is 6.42 Å². The number of carbonyl (C=O) groups excluding carboxylic acids is 1. The molecule has 0 aliphatic heterocycles. The molecule has 3 nitrogen and oxygen atoms in total. The molecule has 0 amide bonds. The summed E-state index contributed by atoms with van der Waals surface area (Å²) >= 11 is 0. The molecule has 0 radical (unpaired) electrons. The molecule has 0 atom stereocenters. The van der Waals surface area contributed by atoms with E-state index in [-0.39, 0.29) is 5.78 Å². The summed E-state index contributed by atoms with van der Waals surface area (Å²) in [4.78, 5) is 16.1. The van der Waals surface area contributed by atoms with Gasteiger partial charge in [0, 0.05) is 30.9 Å². The predicted molar refractivity (Wildman–Crippen MR) is 80.8 cm³/mol. The van der Waals surface area contributed by atoms with E-state index in [0.717, 1.165) is 24.9 Å². The fraction of sp³-hybridized carbons (Fsp3) is 0.412. The molecule has 0 saturated carbocycles. The van der Waals surface area contributed by atoms with E-state index in [2.05, 4.69) is 24.0 Å². The second-order valence-electron chi connectivity index (χ2n) is 5.13. The first-order valence-corrected chi connectivity index (χ1v) is 7.37. The van der Waals surface area contributed by atoms with Crippen LogP contribution in [0.5, 0.6) is 0 Å². The highest BCUT2D eigenvalue weighted by atomic mass is 16.1. The van der Waals surface area contributed by atoms with Gasteiger partial charge in [-0.3, -0.25) is 4.79 Å². The van der Waals surface area contributed by atoms with Crippen molar-refractivity contribution in [2.75, 3.05) is 0 Å². The Balaban J connectivity index is 1.79. The number of ketones is 1. The minimum atomic E-state index is 0.229. The van der Waals surface area contributed by atoms with Crippen LogP contribution in [0.3, 0.4) is 0 Å². The van der Waals surface area contributed by atoms with Crippen LogP contribution in [-0.2, 0) is 13.0 Å². The normalized spacial score (nSPS) is 10.7. The van der Waals surface area contributed by atoms with E-state index < -0.39 is 0 Å². The lowest BCUT2D eigenvalue weighted by Gasteiger charge is -2.04. The number of hydrogen-bond acceptors (Lipinski definition) is 2. The molecule has 0 N–H and O–H groups in total. The van der Waals surface area contributed by atoms with Gasteiger partial charge in [0.1, 0.15) is 0 Å². The third-order valence-electron chi connectivity index (χ3n) is 3.47. The molecule has 0 spiro atoms. The van der Waals surface area contributed by atoms with E-state index in [9.17, 15) is 4.79 Å². The number of aromatic nitrogens is 2. The van der Waals surface area contributed by atoms with E-state index in [1.54, 1.807) is 12.5 Å². The van der Waals surface area contributed by atoms with Crippen LogP contribution in [-0.4, -0.2) is 15.3 Å². The number of imidazole rings is 1. The van der Waals surface area contributed by atoms with Gasteiger partial charge in [-0.1, -0.05) is 37.6 Å². The van der Waals surface area contributed by atoms with Crippen molar-refractivity contribution < 1.29 is 4.79 Å². The van der Waals surface area contributed by atoms with Crippen LogP contribution in [0.25, 0.3) is 0 Å². The smallest absolute Gasteiger partial charge is 0.162 e. The summed E-state index contributed by atoms with van der Waals surface area (Å²) in [5, 5.41) is 0. The van der Waals surface area contributed by atoms with Crippen molar-refractivity contribution in [2.45, 2.75) is 45.6 Å². The summed E-state index contributed by atoms with van der Waals surface area (Å²) in [6.07, 6.45) is 10.4. The Morgan fingerprint density at radius 2 is 2.00 bits per heavy atom. The summed E-state index contributed by atoms with van der Waals surface area (Å²) in [7, 11) is 0. The van der Waals surface area contributed by atoms with Gasteiger partial charge in [0.05, 0.1) is 6.33 Å². The van der Waals surface area contributed by atoms with Crippen molar-refractivity contribution in [3.8, 4) is 0 Å². The Morgan fingerprint density at radius 3 is 2.65 bits per heavy atom. The Bertz CT molecular complexity index is 514. The fourth-order valence-electron chi connectivity index (χ4n) is 2.22. The molecule has 1 heterocycles. The van der Waals surface area contributed by atoms with E-state index in [1.807, 2.05) is 22.9 Å². The van der Waals surface area contributed by atoms with Gasteiger partial charge in [0.2, 0.25) is 0 Å². The summed E-state index contributed by atoms with van der Waals surface area (Å²) < 4.78 is 2.00. The largest absolute Gasteiger partial charge is 0.337 e. The summed E-state index contributed by atoms with van der Waals surface area (Å²) in [5.41, 5.74) is 2.15. The van der Waals surface area contributed by atoms with Crippen molar-refractivity contribution in [3.05, 3.63) is 54.1 Å². The van der Waals surface area contributed by atoms with Crippen molar-refractivity contribution in [3.63, 3.8) is 0 Å². The molecule has 106 valence electrons. The lowest BCUT2D eigenvalue weighted by Crippen LogP contribution is -2.02. The van der Waals surface area contributed by atoms with Crippen LogP contribution < -0.4 is 0 Å². The van der Waals surface area contributed by atoms with Crippen LogP contribution in [0.15, 0.2) is 43.0 Å². The Morgan fingerprint density at radius 1 is 1.20 bits per heavy atom. The first-order valence-electron chi connectivity index (χ1n) is 7.37. The van der Waals surface area contributed by atoms with E-state index in [1.165, 1.54) is 18.4 Å². The lowest BCUT2D eigenvalue weighted by molar-refractivity contribution is 0.0978. The van der Waals surface area contributed by atoms with Crippen LogP contribution >= 0.6 is 0 Å². The predicted octanol–water partition coefficient (Wildman–Crippen LogP) is 3.89. The second kappa shape index (κ2) is 7.63. The number of benzene rings is 1. The molecule has 1 aromatic heterocycles. The molecular formula is C17H22N2O. The fourth-order valence-corrected chi connectivity index (χ4v) is 2.22. The van der Waals surface area contributed by atoms with Crippen LogP contribution in [0, 0.1) is 0 Å². The minimum Gasteiger partial charge on any atom is -0.337 e. The molecule has 0 unspecified atom stereocenters. The third kappa shape index (κ3) is 4.34. The quantitative estimate of drug-likeness (QED) is 0.682. The highest BCUT2D eigenvalue weighted by molar-refractivity contribution is 5.96. The first kappa shape index (κ1) is 14.5. The highest BCUT2D eigenvalue weighted by Gasteiger charge is 2.05. The summed E-state index contributed by atoms with van der Waals surface area (Å²) in [6, 6.07) is 8.09. The number of hydrogen-bond donors (Lipinski definition) is 0. The van der Waals surface area contributed by atoms with Gasteiger partial charge in [-0.25, -0.2) is 4.98 Å². The lowest BCUT2D eigenvalue weighted by atomic mass is 10.0. The molecule has 0 saturated heterocycles. The maximum absolute atomic E-state index is 12.1. The molecule has 0 aliphatic carbocycles.